The van der Waals surface area contributed by atoms with Crippen LogP contribution in [0.25, 0.3) is 0 Å². The number of aliphatic hydroxyl groups excluding tert-OH is 1. The number of piperazine rings is 1. The van der Waals surface area contributed by atoms with E-state index < -0.39 is 0 Å². The quantitative estimate of drug-likeness (QED) is 0.846. The van der Waals surface area contributed by atoms with Crippen LogP contribution in [-0.4, -0.2) is 81.1 Å². The first-order valence-electron chi connectivity index (χ1n) is 10.5. The summed E-state index contributed by atoms with van der Waals surface area (Å²) >= 11 is 0. The molecule has 1 aromatic carbocycles. The third-order valence-electron chi connectivity index (χ3n) is 6.62. The number of pyridine rings is 1. The Labute approximate surface area is 171 Å². The summed E-state index contributed by atoms with van der Waals surface area (Å²) in [4.78, 5) is 24.4. The van der Waals surface area contributed by atoms with Gasteiger partial charge in [0.25, 0.3) is 0 Å². The zero-order chi connectivity index (χ0) is 19.8. The monoisotopic (exact) mass is 392 g/mol. The van der Waals surface area contributed by atoms with Crippen molar-refractivity contribution < 1.29 is 9.90 Å². The molecule has 152 valence electrons. The molecule has 0 aliphatic carbocycles. The highest BCUT2D eigenvalue weighted by molar-refractivity contribution is 5.79. The van der Waals surface area contributed by atoms with E-state index in [1.165, 1.54) is 0 Å². The predicted molar refractivity (Wildman–Crippen MR) is 110 cm³/mol. The molecule has 3 fully saturated rings. The number of likely N-dealkylation sites (tertiary alicyclic amines) is 1. The lowest BCUT2D eigenvalue weighted by Crippen LogP contribution is -2.78. The molecule has 3 saturated heterocycles. The first kappa shape index (κ1) is 18.7. The van der Waals surface area contributed by atoms with Gasteiger partial charge in [-0.15, -0.1) is 0 Å². The van der Waals surface area contributed by atoms with Crippen LogP contribution in [0, 0.1) is 0 Å². The maximum atomic E-state index is 13.1. The van der Waals surface area contributed by atoms with Crippen LogP contribution >= 0.6 is 0 Å². The predicted octanol–water partition coefficient (Wildman–Crippen LogP) is 1.16. The van der Waals surface area contributed by atoms with Gasteiger partial charge in [0.2, 0.25) is 5.91 Å². The van der Waals surface area contributed by atoms with Gasteiger partial charge < -0.3 is 10.0 Å². The average molecular weight is 393 g/mol. The summed E-state index contributed by atoms with van der Waals surface area (Å²) in [6, 6.07) is 16.3. The normalized spacial score (nSPS) is 26.3. The molecule has 0 saturated carbocycles. The summed E-state index contributed by atoms with van der Waals surface area (Å²) in [5.74, 6) is 0.194. The molecular weight excluding hydrogens is 364 g/mol. The van der Waals surface area contributed by atoms with Crippen molar-refractivity contribution in [2.75, 3.05) is 32.7 Å². The fourth-order valence-corrected chi connectivity index (χ4v) is 5.38. The molecule has 0 bridgehead atoms. The van der Waals surface area contributed by atoms with Crippen molar-refractivity contribution in [1.29, 1.82) is 0 Å². The van der Waals surface area contributed by atoms with E-state index in [1.54, 1.807) is 0 Å². The molecule has 1 aromatic heterocycles. The van der Waals surface area contributed by atoms with E-state index in [9.17, 15) is 9.90 Å². The molecule has 2 atom stereocenters. The maximum Gasteiger partial charge on any atom is 0.227 e. The van der Waals surface area contributed by atoms with Gasteiger partial charge in [-0.1, -0.05) is 36.4 Å². The van der Waals surface area contributed by atoms with Crippen molar-refractivity contribution in [1.82, 2.24) is 19.7 Å². The van der Waals surface area contributed by atoms with E-state index in [4.69, 9.17) is 0 Å². The second kappa shape index (κ2) is 7.52. The smallest absolute Gasteiger partial charge is 0.227 e. The number of nitrogens with zero attached hydrogens (tertiary/aromatic N) is 4. The minimum absolute atomic E-state index is 0.0402. The van der Waals surface area contributed by atoms with Crippen LogP contribution in [0.3, 0.4) is 0 Å². The molecule has 2 aromatic rings. The van der Waals surface area contributed by atoms with Crippen molar-refractivity contribution in [3.05, 3.63) is 66.0 Å². The van der Waals surface area contributed by atoms with Crippen LogP contribution in [0.5, 0.6) is 0 Å². The molecule has 0 radical (unpaired) electrons. The average Bonchev–Trinajstić information content (AvgIpc) is 3.09. The number of rotatable bonds is 4. The summed E-state index contributed by atoms with van der Waals surface area (Å²) in [5.41, 5.74) is 2.10. The molecule has 6 heteroatoms. The summed E-state index contributed by atoms with van der Waals surface area (Å²) in [6.45, 7) is 4.87. The number of aliphatic hydroxyl groups is 1. The van der Waals surface area contributed by atoms with Crippen LogP contribution in [-0.2, 0) is 17.8 Å². The zero-order valence-electron chi connectivity index (χ0n) is 16.7. The number of carbonyl (C=O) groups is 1. The van der Waals surface area contributed by atoms with E-state index >= 15 is 0 Å². The van der Waals surface area contributed by atoms with E-state index in [-0.39, 0.29) is 23.6 Å². The lowest BCUT2D eigenvalue weighted by molar-refractivity contribution is -0.150. The van der Waals surface area contributed by atoms with Crippen molar-refractivity contribution in [3.63, 3.8) is 0 Å². The van der Waals surface area contributed by atoms with Crippen LogP contribution in [0.2, 0.25) is 0 Å². The molecule has 6 nitrogen and oxygen atoms in total. The van der Waals surface area contributed by atoms with Gasteiger partial charge in [0.05, 0.1) is 23.8 Å². The Balaban J connectivity index is 1.29. The number of benzene rings is 1. The fraction of sp³-hybridized carbons (Fsp3) is 0.478. The van der Waals surface area contributed by atoms with Crippen molar-refractivity contribution in [2.24, 2.45) is 0 Å². The van der Waals surface area contributed by atoms with Gasteiger partial charge >= 0.3 is 0 Å². The SMILES string of the molecule is O=C(Cc1ccccc1)N1C[C@H]2C[C@@H](O)CN2C2(CN(Cc3ccccn3)C2)C1. The Morgan fingerprint density at radius 3 is 2.62 bits per heavy atom. The molecule has 3 aliphatic heterocycles. The summed E-state index contributed by atoms with van der Waals surface area (Å²) < 4.78 is 0. The summed E-state index contributed by atoms with van der Waals surface area (Å²) in [5, 5.41) is 10.3. The van der Waals surface area contributed by atoms with E-state index in [1.807, 2.05) is 53.6 Å². The van der Waals surface area contributed by atoms with E-state index in [0.29, 0.717) is 6.42 Å². The fourth-order valence-electron chi connectivity index (χ4n) is 5.38. The molecule has 4 heterocycles. The minimum Gasteiger partial charge on any atom is -0.392 e. The molecule has 3 aliphatic rings. The first-order valence-corrected chi connectivity index (χ1v) is 10.5. The van der Waals surface area contributed by atoms with Gasteiger partial charge in [0, 0.05) is 51.5 Å². The number of β-amino-alcohol motifs (C(OH)–C–C–N with tert-alkyl or cyclic N) is 1. The van der Waals surface area contributed by atoms with Gasteiger partial charge in [-0.05, 0) is 24.1 Å². The molecule has 29 heavy (non-hydrogen) atoms. The Bertz CT molecular complexity index is 854. The highest BCUT2D eigenvalue weighted by atomic mass is 16.3. The standard InChI is InChI=1S/C23H28N4O2/c28-21-11-20-13-26(22(29)10-18-6-2-1-3-7-18)17-23(27(20)14-21)15-25(16-23)12-19-8-4-5-9-24-19/h1-9,20-21,28H,10-17H2/t20-,21-/m1/s1. The Kier molecular flexibility index (Phi) is 4.86. The number of carbonyl (C=O) groups excluding carboxylic acids is 1. The summed E-state index contributed by atoms with van der Waals surface area (Å²) in [6.07, 6.45) is 2.76. The third-order valence-corrected chi connectivity index (χ3v) is 6.62. The van der Waals surface area contributed by atoms with Crippen LogP contribution in [0.4, 0.5) is 0 Å². The highest BCUT2D eigenvalue weighted by Crippen LogP contribution is 2.39. The molecular formula is C23H28N4O2. The molecule has 1 spiro atoms. The molecule has 5 rings (SSSR count). The number of hydrogen-bond donors (Lipinski definition) is 1. The van der Waals surface area contributed by atoms with Crippen molar-refractivity contribution >= 4 is 5.91 Å². The maximum absolute atomic E-state index is 13.1. The van der Waals surface area contributed by atoms with Crippen LogP contribution < -0.4 is 0 Å². The Morgan fingerprint density at radius 1 is 1.07 bits per heavy atom. The number of aromatic nitrogens is 1. The highest BCUT2D eigenvalue weighted by Gasteiger charge is 2.56. The number of amides is 1. The largest absolute Gasteiger partial charge is 0.392 e. The molecule has 1 N–H and O–H groups in total. The minimum atomic E-state index is -0.286. The second-order valence-electron chi connectivity index (χ2n) is 8.82. The third kappa shape index (κ3) is 3.68. The lowest BCUT2D eigenvalue weighted by Gasteiger charge is -2.61. The van der Waals surface area contributed by atoms with Gasteiger partial charge in [-0.25, -0.2) is 0 Å². The zero-order valence-corrected chi connectivity index (χ0v) is 16.7. The number of hydrogen-bond acceptors (Lipinski definition) is 5. The van der Waals surface area contributed by atoms with Crippen molar-refractivity contribution in [3.8, 4) is 0 Å². The topological polar surface area (TPSA) is 59.9 Å². The Morgan fingerprint density at radius 2 is 1.86 bits per heavy atom. The molecule has 1 amide bonds. The number of fused-ring (bicyclic) bond motifs is 2. The lowest BCUT2D eigenvalue weighted by atomic mass is 9.83. The van der Waals surface area contributed by atoms with Crippen LogP contribution in [0.1, 0.15) is 17.7 Å². The van der Waals surface area contributed by atoms with Gasteiger partial charge in [0.1, 0.15) is 0 Å². The van der Waals surface area contributed by atoms with E-state index in [2.05, 4.69) is 20.9 Å². The molecule has 0 unspecified atom stereocenters. The van der Waals surface area contributed by atoms with E-state index in [0.717, 1.165) is 56.9 Å². The van der Waals surface area contributed by atoms with Gasteiger partial charge in [-0.2, -0.15) is 0 Å². The van der Waals surface area contributed by atoms with Crippen LogP contribution in [0.15, 0.2) is 54.7 Å². The van der Waals surface area contributed by atoms with Gasteiger partial charge in [-0.3, -0.25) is 19.6 Å². The Hall–Kier alpha value is -2.28. The first-order chi connectivity index (χ1) is 14.1. The summed E-state index contributed by atoms with van der Waals surface area (Å²) in [7, 11) is 0. The van der Waals surface area contributed by atoms with Crippen molar-refractivity contribution in [2.45, 2.75) is 37.1 Å². The second-order valence-corrected chi connectivity index (χ2v) is 8.82. The van der Waals surface area contributed by atoms with Gasteiger partial charge in [0.15, 0.2) is 0 Å².